The van der Waals surface area contributed by atoms with E-state index in [1.54, 1.807) is 6.92 Å². The van der Waals surface area contributed by atoms with Gasteiger partial charge in [0.15, 0.2) is 0 Å². The van der Waals surface area contributed by atoms with Gasteiger partial charge in [0.05, 0.1) is 11.6 Å². The zero-order chi connectivity index (χ0) is 22.1. The summed E-state index contributed by atoms with van der Waals surface area (Å²) in [5, 5.41) is 11.1. The predicted molar refractivity (Wildman–Crippen MR) is 118 cm³/mol. The van der Waals surface area contributed by atoms with Crippen molar-refractivity contribution in [1.29, 1.82) is 0 Å². The Kier molecular flexibility index (Phi) is 5.42. The lowest BCUT2D eigenvalue weighted by atomic mass is 9.94. The number of benzene rings is 3. The number of amides is 1. The number of Topliss-reactive ketones (excluding diaryl/α,β-unsaturated/α-hetero) is 1. The summed E-state index contributed by atoms with van der Waals surface area (Å²) in [5.41, 5.74) is 2.99. The lowest BCUT2D eigenvalue weighted by Gasteiger charge is -2.25. The summed E-state index contributed by atoms with van der Waals surface area (Å²) in [6, 6.07) is 19.9. The van der Waals surface area contributed by atoms with Gasteiger partial charge in [0.1, 0.15) is 11.6 Å². The van der Waals surface area contributed by atoms with E-state index in [-0.39, 0.29) is 11.3 Å². The number of hydrogen-bond donors (Lipinski definition) is 1. The zero-order valence-electron chi connectivity index (χ0n) is 17.3. The highest BCUT2D eigenvalue weighted by molar-refractivity contribution is 6.51. The molecule has 3 aromatic rings. The van der Waals surface area contributed by atoms with Crippen molar-refractivity contribution < 1.29 is 19.1 Å². The summed E-state index contributed by atoms with van der Waals surface area (Å²) in [6.07, 6.45) is 0.852. The minimum atomic E-state index is -0.793. The Labute approximate surface area is 180 Å². The van der Waals surface area contributed by atoms with Gasteiger partial charge in [-0.25, -0.2) is 4.39 Å². The first-order valence-corrected chi connectivity index (χ1v) is 10.1. The highest BCUT2D eigenvalue weighted by atomic mass is 19.1. The number of nitrogens with zero attached hydrogens (tertiary/aromatic N) is 1. The smallest absolute Gasteiger partial charge is 0.300 e. The first kappa shape index (κ1) is 20.5. The van der Waals surface area contributed by atoms with Crippen molar-refractivity contribution >= 4 is 23.1 Å². The van der Waals surface area contributed by atoms with Gasteiger partial charge in [0.25, 0.3) is 11.7 Å². The Morgan fingerprint density at radius 1 is 1.00 bits per heavy atom. The molecule has 1 atom stereocenters. The lowest BCUT2D eigenvalue weighted by molar-refractivity contribution is -0.132. The number of ketones is 1. The third-order valence-corrected chi connectivity index (χ3v) is 5.61. The van der Waals surface area contributed by atoms with Gasteiger partial charge >= 0.3 is 0 Å². The van der Waals surface area contributed by atoms with Crippen LogP contribution in [0.4, 0.5) is 10.1 Å². The van der Waals surface area contributed by atoms with E-state index in [4.69, 9.17) is 0 Å². The van der Waals surface area contributed by atoms with Crippen molar-refractivity contribution in [1.82, 2.24) is 0 Å². The maximum absolute atomic E-state index is 13.7. The fourth-order valence-electron chi connectivity index (χ4n) is 3.89. The fraction of sp³-hybridized carbons (Fsp3) is 0.154. The molecular formula is C26H22FNO3. The maximum Gasteiger partial charge on any atom is 0.300 e. The molecule has 1 amide bonds. The summed E-state index contributed by atoms with van der Waals surface area (Å²) in [4.78, 5) is 27.6. The van der Waals surface area contributed by atoms with Crippen LogP contribution in [0.15, 0.2) is 78.4 Å². The summed E-state index contributed by atoms with van der Waals surface area (Å²) in [6.45, 7) is 3.62. The summed E-state index contributed by atoms with van der Waals surface area (Å²) in [5.74, 6) is -2.21. The van der Waals surface area contributed by atoms with Gasteiger partial charge in [0, 0.05) is 11.3 Å². The van der Waals surface area contributed by atoms with Gasteiger partial charge in [-0.15, -0.1) is 0 Å². The minimum absolute atomic E-state index is 0.0122. The van der Waals surface area contributed by atoms with Crippen LogP contribution in [0.5, 0.6) is 0 Å². The van der Waals surface area contributed by atoms with Crippen LogP contribution in [0.25, 0.3) is 5.76 Å². The largest absolute Gasteiger partial charge is 0.507 e. The first-order valence-electron chi connectivity index (χ1n) is 10.1. The van der Waals surface area contributed by atoms with E-state index in [9.17, 15) is 19.1 Å². The Balaban J connectivity index is 1.92. The number of hydrogen-bond acceptors (Lipinski definition) is 3. The minimum Gasteiger partial charge on any atom is -0.507 e. The molecule has 1 fully saturated rings. The van der Waals surface area contributed by atoms with E-state index in [1.165, 1.54) is 23.1 Å². The van der Waals surface area contributed by atoms with Crippen LogP contribution in [-0.4, -0.2) is 16.8 Å². The average Bonchev–Trinajstić information content (AvgIpc) is 3.06. The molecule has 1 aliphatic rings. The molecule has 0 radical (unpaired) electrons. The number of anilines is 1. The number of rotatable bonds is 4. The molecule has 3 aromatic carbocycles. The van der Waals surface area contributed by atoms with Gasteiger partial charge in [-0.1, -0.05) is 49.4 Å². The SMILES string of the molecule is CCc1ccc(N2C(=O)C(=O)/C(=C(\O)c3ccc(F)c(C)c3)C2c2ccccc2)cc1. The molecule has 0 aliphatic carbocycles. The Morgan fingerprint density at radius 2 is 1.68 bits per heavy atom. The predicted octanol–water partition coefficient (Wildman–Crippen LogP) is 5.32. The van der Waals surface area contributed by atoms with Crippen molar-refractivity contribution in [3.05, 3.63) is 106 Å². The molecule has 0 bridgehead atoms. The van der Waals surface area contributed by atoms with Gasteiger partial charge < -0.3 is 5.11 Å². The Morgan fingerprint density at radius 3 is 2.29 bits per heavy atom. The van der Waals surface area contributed by atoms with E-state index in [2.05, 4.69) is 0 Å². The normalized spacial score (nSPS) is 17.9. The molecule has 5 heteroatoms. The molecule has 0 aromatic heterocycles. The van der Waals surface area contributed by atoms with Crippen molar-refractivity contribution in [2.45, 2.75) is 26.3 Å². The van der Waals surface area contributed by atoms with Crippen LogP contribution >= 0.6 is 0 Å². The van der Waals surface area contributed by atoms with Gasteiger partial charge in [-0.3, -0.25) is 14.5 Å². The van der Waals surface area contributed by atoms with Crippen molar-refractivity contribution in [2.24, 2.45) is 0 Å². The number of aryl methyl sites for hydroxylation is 2. The third kappa shape index (κ3) is 3.63. The van der Waals surface area contributed by atoms with Gasteiger partial charge in [-0.2, -0.15) is 0 Å². The Bertz CT molecular complexity index is 1180. The van der Waals surface area contributed by atoms with Crippen LogP contribution in [0.1, 0.15) is 35.2 Å². The summed E-state index contributed by atoms with van der Waals surface area (Å²) >= 11 is 0. The van der Waals surface area contributed by atoms with Crippen molar-refractivity contribution in [3.8, 4) is 0 Å². The molecule has 1 aliphatic heterocycles. The zero-order valence-corrected chi connectivity index (χ0v) is 17.3. The van der Waals surface area contributed by atoms with E-state index >= 15 is 0 Å². The average molecular weight is 415 g/mol. The van der Waals surface area contributed by atoms with Gasteiger partial charge in [-0.05, 0) is 60.4 Å². The standard InChI is InChI=1S/C26H22FNO3/c1-3-17-9-12-20(13-10-17)28-23(18-7-5-4-6-8-18)22(25(30)26(28)31)24(29)19-11-14-21(27)16(2)15-19/h4-15,23,29H,3H2,1-2H3/b24-22-. The number of halogens is 1. The molecular weight excluding hydrogens is 393 g/mol. The van der Waals surface area contributed by atoms with Gasteiger partial charge in [0.2, 0.25) is 0 Å². The van der Waals surface area contributed by atoms with Crippen LogP contribution < -0.4 is 4.90 Å². The molecule has 1 heterocycles. The lowest BCUT2D eigenvalue weighted by Crippen LogP contribution is -2.29. The monoisotopic (exact) mass is 415 g/mol. The maximum atomic E-state index is 13.7. The molecule has 156 valence electrons. The van der Waals surface area contributed by atoms with E-state index in [0.717, 1.165) is 12.0 Å². The van der Waals surface area contributed by atoms with Crippen LogP contribution in [0.2, 0.25) is 0 Å². The quantitative estimate of drug-likeness (QED) is 0.356. The van der Waals surface area contributed by atoms with Crippen molar-refractivity contribution in [3.63, 3.8) is 0 Å². The molecule has 0 saturated carbocycles. The molecule has 4 rings (SSSR count). The highest BCUT2D eigenvalue weighted by Gasteiger charge is 2.46. The first-order chi connectivity index (χ1) is 14.9. The number of aliphatic hydroxyl groups excluding tert-OH is 1. The number of aliphatic hydroxyl groups is 1. The third-order valence-electron chi connectivity index (χ3n) is 5.61. The van der Waals surface area contributed by atoms with Crippen molar-refractivity contribution in [2.75, 3.05) is 4.90 Å². The fourth-order valence-corrected chi connectivity index (χ4v) is 3.89. The second-order valence-corrected chi connectivity index (χ2v) is 7.56. The summed E-state index contributed by atoms with van der Waals surface area (Å²) < 4.78 is 13.7. The second-order valence-electron chi connectivity index (χ2n) is 7.56. The van der Waals surface area contributed by atoms with E-state index in [1.807, 2.05) is 61.5 Å². The topological polar surface area (TPSA) is 57.6 Å². The molecule has 1 saturated heterocycles. The molecule has 4 nitrogen and oxygen atoms in total. The van der Waals surface area contributed by atoms with Crippen LogP contribution in [0.3, 0.4) is 0 Å². The number of carbonyl (C=O) groups excluding carboxylic acids is 2. The van der Waals surface area contributed by atoms with Crippen LogP contribution in [0, 0.1) is 12.7 Å². The number of carbonyl (C=O) groups is 2. The molecule has 31 heavy (non-hydrogen) atoms. The molecule has 1 unspecified atom stereocenters. The Hall–Kier alpha value is -3.73. The highest BCUT2D eigenvalue weighted by Crippen LogP contribution is 2.42. The van der Waals surface area contributed by atoms with E-state index in [0.29, 0.717) is 22.4 Å². The van der Waals surface area contributed by atoms with Crippen LogP contribution in [-0.2, 0) is 16.0 Å². The van der Waals surface area contributed by atoms with E-state index < -0.39 is 23.5 Å². The summed E-state index contributed by atoms with van der Waals surface area (Å²) in [7, 11) is 0. The second kappa shape index (κ2) is 8.19. The molecule has 1 N–H and O–H groups in total. The molecule has 0 spiro atoms.